The number of nitrogens with zero attached hydrogens (tertiary/aromatic N) is 6. The van der Waals surface area contributed by atoms with Crippen molar-refractivity contribution in [1.29, 1.82) is 5.26 Å². The van der Waals surface area contributed by atoms with Crippen LogP contribution in [0, 0.1) is 18.3 Å². The Kier molecular flexibility index (Phi) is 8.52. The van der Waals surface area contributed by atoms with Crippen molar-refractivity contribution in [3.05, 3.63) is 89.3 Å². The third-order valence-corrected chi connectivity index (χ3v) is 6.87. The van der Waals surface area contributed by atoms with E-state index >= 15 is 0 Å². The summed E-state index contributed by atoms with van der Waals surface area (Å²) in [5.41, 5.74) is 12.5. The van der Waals surface area contributed by atoms with Gasteiger partial charge in [0.25, 0.3) is 0 Å². The highest BCUT2D eigenvalue weighted by molar-refractivity contribution is 7.46. The smallest absolute Gasteiger partial charge is 0.306 e. The Morgan fingerprint density at radius 2 is 2.08 bits per heavy atom. The average Bonchev–Trinajstić information content (AvgIpc) is 3.51. The molecule has 4 heterocycles. The molecule has 0 radical (unpaired) electrons. The molecule has 0 aliphatic heterocycles. The quantitative estimate of drug-likeness (QED) is 0.152. The fourth-order valence-corrected chi connectivity index (χ4v) is 4.62. The number of hydrogen-bond acceptors (Lipinski definition) is 8. The van der Waals surface area contributed by atoms with Gasteiger partial charge in [-0.15, -0.1) is 0 Å². The van der Waals surface area contributed by atoms with Crippen LogP contribution < -0.4 is 10.9 Å². The first kappa shape index (κ1) is 28.7. The molecule has 0 saturated carbocycles. The van der Waals surface area contributed by atoms with E-state index < -0.39 is 13.9 Å². The third kappa shape index (κ3) is 6.65. The van der Waals surface area contributed by atoms with E-state index in [1.165, 1.54) is 11.6 Å². The van der Waals surface area contributed by atoms with E-state index in [0.29, 0.717) is 22.8 Å². The fourth-order valence-electron chi connectivity index (χ4n) is 4.09. The molecular formula is C27H31N8O4P. The molecule has 0 amide bonds. The van der Waals surface area contributed by atoms with Crippen LogP contribution in [-0.2, 0) is 15.5 Å². The molecule has 0 fully saturated rings. The number of hydrazine groups is 1. The number of phosphoric acid groups is 1. The molecule has 4 rings (SSSR count). The lowest BCUT2D eigenvalue weighted by Gasteiger charge is -2.18. The lowest BCUT2D eigenvalue weighted by atomic mass is 10.1. The minimum atomic E-state index is -4.77. The van der Waals surface area contributed by atoms with Crippen molar-refractivity contribution >= 4 is 13.3 Å². The summed E-state index contributed by atoms with van der Waals surface area (Å²) in [6.07, 6.45) is 6.13. The Morgan fingerprint density at radius 3 is 2.75 bits per heavy atom. The van der Waals surface area contributed by atoms with Crippen LogP contribution in [0.3, 0.4) is 0 Å². The number of nitrogens with one attached hydrogen (secondary N) is 2. The summed E-state index contributed by atoms with van der Waals surface area (Å²) in [7, 11) is -4.77. The second-order valence-electron chi connectivity index (χ2n) is 9.29. The molecule has 4 aromatic heterocycles. The van der Waals surface area contributed by atoms with Gasteiger partial charge < -0.3 is 20.6 Å². The molecular weight excluding hydrogens is 531 g/mol. The number of pyridine rings is 2. The molecule has 1 atom stereocenters. The van der Waals surface area contributed by atoms with Gasteiger partial charge in [0.1, 0.15) is 6.07 Å². The van der Waals surface area contributed by atoms with Crippen LogP contribution in [0.25, 0.3) is 22.6 Å². The molecule has 0 spiro atoms. The van der Waals surface area contributed by atoms with Gasteiger partial charge in [0, 0.05) is 34.4 Å². The number of aryl methyl sites for hydroxylation is 2. The molecule has 13 heteroatoms. The van der Waals surface area contributed by atoms with Crippen LogP contribution in [0.15, 0.2) is 66.8 Å². The third-order valence-electron chi connectivity index (χ3n) is 6.28. The number of aromatic nitrogens is 5. The minimum absolute atomic E-state index is 0.188. The number of rotatable bonds is 11. The molecule has 0 aromatic carbocycles. The minimum Gasteiger partial charge on any atom is -0.306 e. The fraction of sp³-hybridized carbons (Fsp3) is 0.259. The summed E-state index contributed by atoms with van der Waals surface area (Å²) in [5, 5.41) is 18.1. The van der Waals surface area contributed by atoms with E-state index in [-0.39, 0.29) is 5.69 Å². The maximum absolute atomic E-state index is 11.5. The number of allylic oxidation sites excluding steroid dienone is 3. The van der Waals surface area contributed by atoms with Crippen LogP contribution in [0.2, 0.25) is 0 Å². The summed E-state index contributed by atoms with van der Waals surface area (Å²) >= 11 is 0. The number of nitriles is 1. The molecule has 12 nitrogen and oxygen atoms in total. The molecule has 4 N–H and O–H groups in total. The lowest BCUT2D eigenvalue weighted by molar-refractivity contribution is 0.145. The second-order valence-corrected chi connectivity index (χ2v) is 10.5. The Bertz CT molecular complexity index is 1680. The van der Waals surface area contributed by atoms with Gasteiger partial charge in [-0.2, -0.15) is 15.5 Å². The molecule has 0 unspecified atom stereocenters. The van der Waals surface area contributed by atoms with Gasteiger partial charge in [0.15, 0.2) is 11.5 Å². The van der Waals surface area contributed by atoms with Gasteiger partial charge in [-0.05, 0) is 64.3 Å². The van der Waals surface area contributed by atoms with Crippen LogP contribution in [0.5, 0.6) is 0 Å². The van der Waals surface area contributed by atoms with Crippen LogP contribution in [0.4, 0.5) is 0 Å². The molecule has 208 valence electrons. The highest BCUT2D eigenvalue weighted by atomic mass is 31.2. The van der Waals surface area contributed by atoms with Gasteiger partial charge in [0.2, 0.25) is 0 Å². The summed E-state index contributed by atoms with van der Waals surface area (Å²) in [6.45, 7) is 11.3. The summed E-state index contributed by atoms with van der Waals surface area (Å²) in [4.78, 5) is 23.5. The van der Waals surface area contributed by atoms with Crippen molar-refractivity contribution in [2.75, 3.05) is 0 Å². The largest absolute Gasteiger partial charge is 0.470 e. The molecule has 4 aromatic rings. The first-order valence-electron chi connectivity index (χ1n) is 12.5. The van der Waals surface area contributed by atoms with Gasteiger partial charge >= 0.3 is 7.82 Å². The van der Waals surface area contributed by atoms with Gasteiger partial charge in [-0.3, -0.25) is 4.52 Å². The van der Waals surface area contributed by atoms with Crippen molar-refractivity contribution in [1.82, 2.24) is 35.2 Å². The molecule has 0 aliphatic carbocycles. The highest BCUT2D eigenvalue weighted by Gasteiger charge is 2.25. The average molecular weight is 563 g/mol. The zero-order valence-corrected chi connectivity index (χ0v) is 23.6. The Hall–Kier alpha value is -4.27. The van der Waals surface area contributed by atoms with E-state index in [9.17, 15) is 19.6 Å². The van der Waals surface area contributed by atoms with Crippen molar-refractivity contribution in [3.63, 3.8) is 0 Å². The highest BCUT2D eigenvalue weighted by Crippen LogP contribution is 2.43. The van der Waals surface area contributed by atoms with E-state index in [4.69, 9.17) is 9.51 Å². The number of fused-ring (bicyclic) bond motifs is 1. The second kappa shape index (κ2) is 11.9. The molecule has 40 heavy (non-hydrogen) atoms. The first-order chi connectivity index (χ1) is 19.0. The summed E-state index contributed by atoms with van der Waals surface area (Å²) in [6, 6.07) is 11.0. The summed E-state index contributed by atoms with van der Waals surface area (Å²) in [5.74, 6) is 0.293. The predicted octanol–water partition coefficient (Wildman–Crippen LogP) is 4.40. The predicted molar refractivity (Wildman–Crippen MR) is 150 cm³/mol. The normalized spacial score (nSPS) is 12.8. The zero-order valence-electron chi connectivity index (χ0n) is 22.7. The summed E-state index contributed by atoms with van der Waals surface area (Å²) < 4.78 is 19.7. The first-order valence-corrected chi connectivity index (χ1v) is 14.0. The van der Waals surface area contributed by atoms with Crippen molar-refractivity contribution < 1.29 is 18.9 Å². The van der Waals surface area contributed by atoms with E-state index in [1.54, 1.807) is 35.8 Å². The lowest BCUT2D eigenvalue weighted by Crippen LogP contribution is -2.29. The maximum atomic E-state index is 11.5. The maximum Gasteiger partial charge on any atom is 0.470 e. The monoisotopic (exact) mass is 562 g/mol. The number of phosphoric ester groups is 1. The van der Waals surface area contributed by atoms with Crippen LogP contribution in [0.1, 0.15) is 55.8 Å². The molecule has 0 aliphatic rings. The molecule has 0 bridgehead atoms. The van der Waals surface area contributed by atoms with Gasteiger partial charge in [0.05, 0.1) is 23.5 Å². The van der Waals surface area contributed by atoms with Crippen LogP contribution in [-0.4, -0.2) is 34.2 Å². The SMILES string of the molecule is C=C(CCc1ccc2c(-c3ccc([C@H](C)OP(=O)(O)O)c(-n4nc(C#N)cc4C)n3)cnn2c1)NN/C(C)=C\C. The Labute approximate surface area is 231 Å². The van der Waals surface area contributed by atoms with E-state index in [0.717, 1.165) is 40.9 Å². The molecule has 0 saturated heterocycles. The standard InChI is InChI=1S/C27H31N8O4P/c1-6-17(2)31-32-18(3)7-8-21-9-12-26-24(15-29-34(26)16-21)25-11-10-23(20(5)39-40(36,37)38)27(30-25)35-19(4)13-22(14-28)33-35/h6,9-13,15-16,20,31-32H,3,7-8H2,1-2,4-5H3,(H2,36,37,38)/b17-6-/t20-/m0/s1. The van der Waals surface area contributed by atoms with Gasteiger partial charge in [-0.25, -0.2) is 18.7 Å². The Balaban J connectivity index is 1.65. The topological polar surface area (TPSA) is 163 Å². The van der Waals surface area contributed by atoms with Crippen molar-refractivity contribution in [3.8, 4) is 23.1 Å². The Morgan fingerprint density at radius 1 is 1.30 bits per heavy atom. The van der Waals surface area contributed by atoms with Gasteiger partial charge in [-0.1, -0.05) is 24.8 Å². The van der Waals surface area contributed by atoms with Crippen molar-refractivity contribution in [2.24, 2.45) is 0 Å². The number of hydrogen-bond donors (Lipinski definition) is 4. The zero-order chi connectivity index (χ0) is 29.0. The van der Waals surface area contributed by atoms with Crippen molar-refractivity contribution in [2.45, 2.75) is 46.6 Å². The van der Waals surface area contributed by atoms with Crippen LogP contribution >= 0.6 is 7.82 Å². The van der Waals surface area contributed by atoms with E-state index in [1.807, 2.05) is 44.3 Å². The van der Waals surface area contributed by atoms with E-state index in [2.05, 4.69) is 27.6 Å².